The van der Waals surface area contributed by atoms with Crippen molar-refractivity contribution in [3.8, 4) is 0 Å². The number of alkyl halides is 2. The first-order valence-electron chi connectivity index (χ1n) is 11.3. The summed E-state index contributed by atoms with van der Waals surface area (Å²) in [5, 5.41) is 12.7. The summed E-state index contributed by atoms with van der Waals surface area (Å²) in [6.07, 6.45) is 0.584. The Bertz CT molecular complexity index is 1340. The fourth-order valence-corrected chi connectivity index (χ4v) is 4.61. The SMILES string of the molecule is CO[C@H]1CCN(c2nc3c(C(C)Nc4ccccc4C(=O)O)cc(C)cn3c(=O)c2C)CC1(F)F. The molecule has 3 aromatic rings. The summed E-state index contributed by atoms with van der Waals surface area (Å²) >= 11 is 0. The van der Waals surface area contributed by atoms with Gasteiger partial charge >= 0.3 is 5.97 Å². The fourth-order valence-electron chi connectivity index (χ4n) is 4.61. The van der Waals surface area contributed by atoms with Crippen LogP contribution in [0.2, 0.25) is 0 Å². The molecular weight excluding hydrogens is 458 g/mol. The van der Waals surface area contributed by atoms with Crippen LogP contribution in [-0.2, 0) is 4.74 Å². The van der Waals surface area contributed by atoms with Gasteiger partial charge in [-0.1, -0.05) is 12.1 Å². The minimum atomic E-state index is -3.09. The summed E-state index contributed by atoms with van der Waals surface area (Å²) in [6.45, 7) is 4.93. The maximum absolute atomic E-state index is 14.6. The first-order valence-corrected chi connectivity index (χ1v) is 11.3. The lowest BCUT2D eigenvalue weighted by molar-refractivity contribution is -0.129. The van der Waals surface area contributed by atoms with Gasteiger partial charge in [-0.25, -0.2) is 18.6 Å². The van der Waals surface area contributed by atoms with E-state index in [1.54, 1.807) is 31.3 Å². The van der Waals surface area contributed by atoms with E-state index in [0.717, 1.165) is 5.56 Å². The molecule has 8 nitrogen and oxygen atoms in total. The Morgan fingerprint density at radius 1 is 1.31 bits per heavy atom. The topological polar surface area (TPSA) is 96.2 Å². The predicted molar refractivity (Wildman–Crippen MR) is 129 cm³/mol. The van der Waals surface area contributed by atoms with Crippen molar-refractivity contribution in [2.75, 3.05) is 30.4 Å². The van der Waals surface area contributed by atoms with Crippen LogP contribution >= 0.6 is 0 Å². The van der Waals surface area contributed by atoms with Gasteiger partial charge in [0.05, 0.1) is 23.7 Å². The van der Waals surface area contributed by atoms with E-state index >= 15 is 0 Å². The maximum Gasteiger partial charge on any atom is 0.337 e. The Morgan fingerprint density at radius 2 is 2.03 bits per heavy atom. The van der Waals surface area contributed by atoms with Crippen LogP contribution in [0.3, 0.4) is 0 Å². The summed E-state index contributed by atoms with van der Waals surface area (Å²) in [4.78, 5) is 31.1. The molecule has 35 heavy (non-hydrogen) atoms. The number of pyridine rings is 1. The van der Waals surface area contributed by atoms with Crippen LogP contribution in [0.5, 0.6) is 0 Å². The minimum absolute atomic E-state index is 0.106. The van der Waals surface area contributed by atoms with Gasteiger partial charge in [0.15, 0.2) is 0 Å². The number of carbonyl (C=O) groups is 1. The Balaban J connectivity index is 1.80. The first kappa shape index (κ1) is 24.6. The van der Waals surface area contributed by atoms with E-state index in [2.05, 4.69) is 5.32 Å². The molecule has 0 spiro atoms. The second kappa shape index (κ2) is 9.26. The first-order chi connectivity index (χ1) is 16.5. The Kier molecular flexibility index (Phi) is 6.50. The Hall–Kier alpha value is -3.53. The molecule has 186 valence electrons. The molecule has 0 radical (unpaired) electrons. The number of hydrogen-bond acceptors (Lipinski definition) is 6. The summed E-state index contributed by atoms with van der Waals surface area (Å²) in [7, 11) is 1.27. The molecule has 3 heterocycles. The highest BCUT2D eigenvalue weighted by Gasteiger charge is 2.45. The van der Waals surface area contributed by atoms with Crippen molar-refractivity contribution < 1.29 is 23.4 Å². The quantitative estimate of drug-likeness (QED) is 0.543. The molecule has 1 aliphatic heterocycles. The molecule has 2 N–H and O–H groups in total. The summed E-state index contributed by atoms with van der Waals surface area (Å²) in [5.74, 6) is -3.94. The molecule has 0 amide bonds. The van der Waals surface area contributed by atoms with E-state index in [1.165, 1.54) is 22.5 Å². The van der Waals surface area contributed by atoms with Crippen LogP contribution in [0.15, 0.2) is 41.3 Å². The summed E-state index contributed by atoms with van der Waals surface area (Å²) in [6, 6.07) is 7.94. The summed E-state index contributed by atoms with van der Waals surface area (Å²) < 4.78 is 35.6. The number of aromatic carboxylic acids is 1. The third-order valence-corrected chi connectivity index (χ3v) is 6.40. The van der Waals surface area contributed by atoms with Gasteiger partial charge in [0.2, 0.25) is 0 Å². The third kappa shape index (κ3) is 4.58. The number of ether oxygens (including phenoxy) is 1. The van der Waals surface area contributed by atoms with Gasteiger partial charge in [0.1, 0.15) is 17.6 Å². The van der Waals surface area contributed by atoms with Gasteiger partial charge in [-0.05, 0) is 51.0 Å². The lowest BCUT2D eigenvalue weighted by Crippen LogP contribution is -2.53. The van der Waals surface area contributed by atoms with Crippen molar-refractivity contribution in [3.63, 3.8) is 0 Å². The van der Waals surface area contributed by atoms with Gasteiger partial charge in [-0.15, -0.1) is 0 Å². The van der Waals surface area contributed by atoms with Crippen LogP contribution in [0, 0.1) is 13.8 Å². The second-order valence-corrected chi connectivity index (χ2v) is 8.94. The standard InChI is InChI=1S/C25H28F2N4O4/c1-14-11-18(16(3)28-19-8-6-5-7-17(19)24(33)34)22-29-21(15(2)23(32)31(22)12-14)30-10-9-20(35-4)25(26,27)13-30/h5-8,11-12,16,20,28H,9-10,13H2,1-4H3,(H,33,34)/t16?,20-/m0/s1. The molecule has 2 atom stereocenters. The Labute approximate surface area is 201 Å². The van der Waals surface area contributed by atoms with Gasteiger partial charge in [-0.3, -0.25) is 9.20 Å². The highest BCUT2D eigenvalue weighted by atomic mass is 19.3. The van der Waals surface area contributed by atoms with Crippen LogP contribution < -0.4 is 15.8 Å². The van der Waals surface area contributed by atoms with E-state index in [1.807, 2.05) is 19.9 Å². The van der Waals surface area contributed by atoms with Crippen molar-refractivity contribution in [3.05, 3.63) is 69.1 Å². The molecule has 1 saturated heterocycles. The van der Waals surface area contributed by atoms with Crippen molar-refractivity contribution >= 4 is 23.1 Å². The number of anilines is 2. The zero-order chi connectivity index (χ0) is 25.5. The van der Waals surface area contributed by atoms with E-state index < -0.39 is 30.6 Å². The molecule has 0 aliphatic carbocycles. The van der Waals surface area contributed by atoms with E-state index in [9.17, 15) is 23.5 Å². The average molecular weight is 487 g/mol. The van der Waals surface area contributed by atoms with Gasteiger partial charge in [0.25, 0.3) is 11.5 Å². The van der Waals surface area contributed by atoms with E-state index in [-0.39, 0.29) is 35.5 Å². The maximum atomic E-state index is 14.6. The number of halogens is 2. The zero-order valence-corrected chi connectivity index (χ0v) is 20.0. The minimum Gasteiger partial charge on any atom is -0.478 e. The van der Waals surface area contributed by atoms with Crippen molar-refractivity contribution in [2.45, 2.75) is 45.3 Å². The second-order valence-electron chi connectivity index (χ2n) is 8.94. The van der Waals surface area contributed by atoms with Crippen molar-refractivity contribution in [2.24, 2.45) is 0 Å². The molecule has 2 aromatic heterocycles. The molecular formula is C25H28F2N4O4. The number of nitrogens with zero attached hydrogens (tertiary/aromatic N) is 3. The molecule has 4 rings (SSSR count). The number of piperidine rings is 1. The van der Waals surface area contributed by atoms with Crippen molar-refractivity contribution in [1.82, 2.24) is 9.38 Å². The zero-order valence-electron chi connectivity index (χ0n) is 20.0. The molecule has 1 fully saturated rings. The third-order valence-electron chi connectivity index (χ3n) is 6.40. The molecule has 0 saturated carbocycles. The Morgan fingerprint density at radius 3 is 2.69 bits per heavy atom. The number of para-hydroxylation sites is 1. The predicted octanol–water partition coefficient (Wildman–Crippen LogP) is 4.04. The van der Waals surface area contributed by atoms with Gasteiger partial charge < -0.3 is 20.1 Å². The van der Waals surface area contributed by atoms with E-state index in [4.69, 9.17) is 9.72 Å². The average Bonchev–Trinajstić information content (AvgIpc) is 2.80. The molecule has 1 unspecified atom stereocenters. The largest absolute Gasteiger partial charge is 0.478 e. The molecule has 10 heteroatoms. The smallest absolute Gasteiger partial charge is 0.337 e. The monoisotopic (exact) mass is 486 g/mol. The van der Waals surface area contributed by atoms with Gasteiger partial charge in [0, 0.05) is 31.1 Å². The number of nitrogens with one attached hydrogen (secondary N) is 1. The highest BCUT2D eigenvalue weighted by molar-refractivity contribution is 5.94. The molecule has 1 aliphatic rings. The van der Waals surface area contributed by atoms with Crippen LogP contribution in [0.4, 0.5) is 20.3 Å². The number of carboxylic acid groups (broad SMARTS) is 1. The van der Waals surface area contributed by atoms with Crippen LogP contribution in [0.25, 0.3) is 5.65 Å². The number of aromatic nitrogens is 2. The summed E-state index contributed by atoms with van der Waals surface area (Å²) in [5.41, 5.74) is 2.24. The fraction of sp³-hybridized carbons (Fsp3) is 0.400. The normalized spacial score (nSPS) is 18.5. The van der Waals surface area contributed by atoms with E-state index in [0.29, 0.717) is 16.9 Å². The number of rotatable bonds is 6. The molecule has 1 aromatic carbocycles. The number of hydrogen-bond donors (Lipinski definition) is 2. The lowest BCUT2D eigenvalue weighted by atomic mass is 10.0. The number of aryl methyl sites for hydroxylation is 1. The van der Waals surface area contributed by atoms with Gasteiger partial charge in [-0.2, -0.15) is 0 Å². The lowest BCUT2D eigenvalue weighted by Gasteiger charge is -2.38. The van der Waals surface area contributed by atoms with Crippen molar-refractivity contribution in [1.29, 1.82) is 0 Å². The van der Waals surface area contributed by atoms with Crippen LogP contribution in [0.1, 0.15) is 46.4 Å². The number of benzene rings is 1. The highest BCUT2D eigenvalue weighted by Crippen LogP contribution is 2.33. The molecule has 0 bridgehead atoms. The number of carboxylic acids is 1. The van der Waals surface area contributed by atoms with Crippen LogP contribution in [-0.4, -0.2) is 52.7 Å². The number of fused-ring (bicyclic) bond motifs is 1. The number of methoxy groups -OCH3 is 1.